The fraction of sp³-hybridized carbons (Fsp3) is 0.348. The molecule has 0 aliphatic carbocycles. The average Bonchev–Trinajstić information content (AvgIpc) is 3.20. The molecule has 8 heteroatoms. The summed E-state index contributed by atoms with van der Waals surface area (Å²) in [6.45, 7) is 5.75. The minimum atomic E-state index is 0.00787. The van der Waals surface area contributed by atoms with Gasteiger partial charge in [-0.15, -0.1) is 0 Å². The van der Waals surface area contributed by atoms with Crippen LogP contribution in [0.25, 0.3) is 27.7 Å². The molecule has 4 heterocycles. The lowest BCUT2D eigenvalue weighted by atomic mass is 10.1. The molecule has 1 aliphatic rings. The molecule has 2 unspecified atom stereocenters. The number of pyridine rings is 1. The number of nitrogens with one attached hydrogen (secondary N) is 1. The number of ether oxygens (including phenoxy) is 1. The molecule has 3 aromatic heterocycles. The van der Waals surface area contributed by atoms with Gasteiger partial charge in [0, 0.05) is 41.4 Å². The molecule has 31 heavy (non-hydrogen) atoms. The van der Waals surface area contributed by atoms with Crippen molar-refractivity contribution < 1.29 is 4.74 Å². The Kier molecular flexibility index (Phi) is 5.37. The van der Waals surface area contributed by atoms with Crippen molar-refractivity contribution >= 4 is 38.3 Å². The molecule has 2 atom stereocenters. The summed E-state index contributed by atoms with van der Waals surface area (Å²) in [6.07, 6.45) is 5.84. The summed E-state index contributed by atoms with van der Waals surface area (Å²) >= 11 is 3.64. The fourth-order valence-corrected chi connectivity index (χ4v) is 4.81. The lowest BCUT2D eigenvalue weighted by Gasteiger charge is -2.27. The quantitative estimate of drug-likeness (QED) is 0.448. The smallest absolute Gasteiger partial charge is 0.165 e. The van der Waals surface area contributed by atoms with Crippen LogP contribution >= 0.6 is 15.9 Å². The third-order valence-corrected chi connectivity index (χ3v) is 6.66. The minimum Gasteiger partial charge on any atom is -0.383 e. The highest BCUT2D eigenvalue weighted by molar-refractivity contribution is 9.10. The van der Waals surface area contributed by atoms with E-state index in [2.05, 4.69) is 63.4 Å². The molecule has 4 aromatic rings. The first-order valence-electron chi connectivity index (χ1n) is 10.5. The molecule has 5 rings (SSSR count). The molecule has 0 radical (unpaired) electrons. The zero-order valence-corrected chi connectivity index (χ0v) is 19.2. The van der Waals surface area contributed by atoms with E-state index in [-0.39, 0.29) is 6.04 Å². The van der Waals surface area contributed by atoms with Gasteiger partial charge in [0.2, 0.25) is 0 Å². The van der Waals surface area contributed by atoms with E-state index in [1.807, 2.05) is 12.3 Å². The topological polar surface area (TPSA) is 90.4 Å². The number of hydrogen-bond donors (Lipinski definition) is 2. The second-order valence-corrected chi connectivity index (χ2v) is 9.01. The van der Waals surface area contributed by atoms with E-state index in [1.54, 1.807) is 10.7 Å². The highest BCUT2D eigenvalue weighted by Gasteiger charge is 2.23. The van der Waals surface area contributed by atoms with Gasteiger partial charge in [-0.25, -0.2) is 4.98 Å². The number of halogens is 1. The summed E-state index contributed by atoms with van der Waals surface area (Å²) in [4.78, 5) is 9.61. The molecular weight excluding hydrogens is 456 g/mol. The number of nitrogens with two attached hydrogens (primary N) is 1. The molecule has 3 N–H and O–H groups in total. The Labute approximate surface area is 189 Å². The second-order valence-electron chi connectivity index (χ2n) is 8.21. The SMILES string of the molecule is Cc1ccc2ncc(-c3cnn4c(N)c(Br)c(C(C)NC5CCCOC5)nc34)cc2c1. The van der Waals surface area contributed by atoms with Gasteiger partial charge in [0.05, 0.1) is 28.5 Å². The Morgan fingerprint density at radius 2 is 2.16 bits per heavy atom. The van der Waals surface area contributed by atoms with Gasteiger partial charge in [0.15, 0.2) is 5.65 Å². The van der Waals surface area contributed by atoms with Crippen molar-refractivity contribution in [1.82, 2.24) is 24.9 Å². The van der Waals surface area contributed by atoms with Gasteiger partial charge >= 0.3 is 0 Å². The molecule has 0 bridgehead atoms. The van der Waals surface area contributed by atoms with Crippen molar-refractivity contribution in [3.8, 4) is 11.1 Å². The van der Waals surface area contributed by atoms with Gasteiger partial charge in [0.25, 0.3) is 0 Å². The fourth-order valence-electron chi connectivity index (χ4n) is 4.21. The van der Waals surface area contributed by atoms with E-state index < -0.39 is 0 Å². The number of nitrogen functional groups attached to an aromatic ring is 1. The third-order valence-electron chi connectivity index (χ3n) is 5.85. The number of rotatable bonds is 4. The number of aryl methyl sites for hydroxylation is 1. The van der Waals surface area contributed by atoms with Crippen LogP contribution in [0.1, 0.15) is 37.1 Å². The monoisotopic (exact) mass is 480 g/mol. The van der Waals surface area contributed by atoms with E-state index in [9.17, 15) is 0 Å². The first kappa shape index (κ1) is 20.4. The van der Waals surface area contributed by atoms with Gasteiger partial charge in [-0.3, -0.25) is 4.98 Å². The lowest BCUT2D eigenvalue weighted by Crippen LogP contribution is -2.38. The van der Waals surface area contributed by atoms with Gasteiger partial charge < -0.3 is 15.8 Å². The minimum absolute atomic E-state index is 0.00787. The maximum Gasteiger partial charge on any atom is 0.165 e. The van der Waals surface area contributed by atoms with Crippen LogP contribution in [0.2, 0.25) is 0 Å². The Morgan fingerprint density at radius 3 is 2.97 bits per heavy atom. The van der Waals surface area contributed by atoms with Gasteiger partial charge in [0.1, 0.15) is 5.82 Å². The molecule has 0 saturated carbocycles. The van der Waals surface area contributed by atoms with E-state index >= 15 is 0 Å². The average molecular weight is 481 g/mol. The van der Waals surface area contributed by atoms with Crippen molar-refractivity contribution in [2.24, 2.45) is 0 Å². The molecular formula is C23H25BrN6O. The number of hydrogen-bond acceptors (Lipinski definition) is 6. The van der Waals surface area contributed by atoms with Crippen LogP contribution in [0, 0.1) is 6.92 Å². The Balaban J connectivity index is 1.57. The van der Waals surface area contributed by atoms with Crippen molar-refractivity contribution in [3.63, 3.8) is 0 Å². The van der Waals surface area contributed by atoms with Crippen LogP contribution in [0.15, 0.2) is 41.1 Å². The zero-order valence-electron chi connectivity index (χ0n) is 17.6. The number of anilines is 1. The number of benzene rings is 1. The molecule has 0 amide bonds. The predicted octanol–water partition coefficient (Wildman–Crippen LogP) is 4.43. The number of nitrogens with zero attached hydrogens (tertiary/aromatic N) is 4. The van der Waals surface area contributed by atoms with E-state index in [1.165, 1.54) is 5.56 Å². The summed E-state index contributed by atoms with van der Waals surface area (Å²) in [5.74, 6) is 0.532. The van der Waals surface area contributed by atoms with Crippen LogP contribution in [0.4, 0.5) is 5.82 Å². The van der Waals surface area contributed by atoms with Crippen molar-refractivity contribution in [3.05, 3.63) is 52.4 Å². The normalized spacial score (nSPS) is 18.0. The third kappa shape index (κ3) is 3.79. The standard InChI is InChI=1S/C23H25BrN6O/c1-13-5-6-19-15(8-13)9-16(10-26-19)18-11-27-30-22(25)20(24)21(29-23(18)30)14(2)28-17-4-3-7-31-12-17/h5-6,8-11,14,17,28H,3-4,7,12,25H2,1-2H3. The van der Waals surface area contributed by atoms with Crippen molar-refractivity contribution in [2.45, 2.75) is 38.8 Å². The Morgan fingerprint density at radius 1 is 1.29 bits per heavy atom. The zero-order chi connectivity index (χ0) is 21.5. The van der Waals surface area contributed by atoms with E-state index in [0.717, 1.165) is 63.9 Å². The summed E-state index contributed by atoms with van der Waals surface area (Å²) < 4.78 is 8.05. The summed E-state index contributed by atoms with van der Waals surface area (Å²) in [7, 11) is 0. The Bertz CT molecular complexity index is 1260. The van der Waals surface area contributed by atoms with Gasteiger partial charge in [-0.1, -0.05) is 11.6 Å². The maximum absolute atomic E-state index is 6.44. The molecule has 160 valence electrons. The lowest BCUT2D eigenvalue weighted by molar-refractivity contribution is 0.0669. The van der Waals surface area contributed by atoms with Gasteiger partial charge in [-0.2, -0.15) is 9.61 Å². The molecule has 1 aromatic carbocycles. The highest BCUT2D eigenvalue weighted by atomic mass is 79.9. The van der Waals surface area contributed by atoms with E-state index in [0.29, 0.717) is 11.9 Å². The summed E-state index contributed by atoms with van der Waals surface area (Å²) in [6, 6.07) is 8.70. The van der Waals surface area contributed by atoms with Crippen LogP contribution in [-0.2, 0) is 4.74 Å². The van der Waals surface area contributed by atoms with Crippen molar-refractivity contribution in [1.29, 1.82) is 0 Å². The summed E-state index contributed by atoms with van der Waals surface area (Å²) in [5, 5.41) is 9.23. The molecule has 1 aliphatic heterocycles. The summed E-state index contributed by atoms with van der Waals surface area (Å²) in [5.41, 5.74) is 12.1. The van der Waals surface area contributed by atoms with E-state index in [4.69, 9.17) is 15.5 Å². The molecule has 1 fully saturated rings. The number of fused-ring (bicyclic) bond motifs is 2. The van der Waals surface area contributed by atoms with Gasteiger partial charge in [-0.05, 0) is 60.8 Å². The number of aromatic nitrogens is 4. The largest absolute Gasteiger partial charge is 0.383 e. The van der Waals surface area contributed by atoms with Crippen LogP contribution < -0.4 is 11.1 Å². The highest BCUT2D eigenvalue weighted by Crippen LogP contribution is 2.33. The molecule has 1 saturated heterocycles. The second kappa shape index (κ2) is 8.18. The maximum atomic E-state index is 6.44. The predicted molar refractivity (Wildman–Crippen MR) is 126 cm³/mol. The molecule has 0 spiro atoms. The van der Waals surface area contributed by atoms with Crippen molar-refractivity contribution in [2.75, 3.05) is 18.9 Å². The van der Waals surface area contributed by atoms with Crippen LogP contribution in [0.5, 0.6) is 0 Å². The van der Waals surface area contributed by atoms with Crippen LogP contribution in [0.3, 0.4) is 0 Å². The van der Waals surface area contributed by atoms with Crippen LogP contribution in [-0.4, -0.2) is 38.8 Å². The Hall–Kier alpha value is -2.55. The first-order valence-corrected chi connectivity index (χ1v) is 11.3. The molecule has 7 nitrogen and oxygen atoms in total. The first-order chi connectivity index (χ1) is 15.0.